The second-order valence-corrected chi connectivity index (χ2v) is 5.96. The topological polar surface area (TPSA) is 34.7 Å². The van der Waals surface area contributed by atoms with Gasteiger partial charge in [-0.05, 0) is 38.0 Å². The van der Waals surface area contributed by atoms with Crippen molar-refractivity contribution in [2.45, 2.75) is 32.7 Å². The van der Waals surface area contributed by atoms with Crippen LogP contribution < -0.4 is 51.4 Å². The van der Waals surface area contributed by atoms with Gasteiger partial charge in [-0.1, -0.05) is 19.1 Å². The zero-order valence-electron chi connectivity index (χ0n) is 11.2. The van der Waals surface area contributed by atoms with Gasteiger partial charge in [-0.25, -0.2) is 0 Å². The number of aliphatic imine (C=N–C) groups is 1. The van der Waals surface area contributed by atoms with Crippen LogP contribution in [0, 0.1) is 5.92 Å². The molecule has 0 aromatic rings. The van der Waals surface area contributed by atoms with Crippen LogP contribution in [0.2, 0.25) is 0 Å². The van der Waals surface area contributed by atoms with E-state index in [-0.39, 0.29) is 56.9 Å². The van der Waals surface area contributed by atoms with E-state index in [1.54, 1.807) is 17.8 Å². The normalized spacial score (nSPS) is 26.2. The van der Waals surface area contributed by atoms with Crippen molar-refractivity contribution in [2.24, 2.45) is 10.9 Å². The first-order valence-corrected chi connectivity index (χ1v) is 6.79. The maximum Gasteiger partial charge on any atom is 1.00 e. The predicted octanol–water partition coefficient (Wildman–Crippen LogP) is 0.447. The largest absolute Gasteiger partial charge is 1.00 e. The number of nitrogens with zero attached hydrogens (tertiary/aromatic N) is 2. The maximum absolute atomic E-state index is 9.69. The number of hydrogen-bond donors (Lipinski definition) is 0. The molecule has 2 aliphatic rings. The summed E-state index contributed by atoms with van der Waals surface area (Å²) in [6, 6.07) is 0. The molecule has 0 aromatic carbocycles. The van der Waals surface area contributed by atoms with E-state index in [4.69, 9.17) is 4.99 Å². The van der Waals surface area contributed by atoms with E-state index in [9.17, 15) is 5.41 Å². The Morgan fingerprint density at radius 2 is 2.06 bits per heavy atom. The van der Waals surface area contributed by atoms with E-state index < -0.39 is 0 Å². The third-order valence-corrected chi connectivity index (χ3v) is 3.81. The minimum absolute atomic E-state index is 0. The van der Waals surface area contributed by atoms with Crippen LogP contribution in [0.25, 0.3) is 5.41 Å². The van der Waals surface area contributed by atoms with Crippen molar-refractivity contribution >= 4 is 23.2 Å². The Kier molecular flexibility index (Phi) is 5.45. The molecule has 0 bridgehead atoms. The monoisotopic (exact) mass is 272 g/mol. The van der Waals surface area contributed by atoms with Crippen LogP contribution in [0.1, 0.15) is 27.2 Å². The SMILES string of the molecule is CSC1=CC(=[N-])C=C2C1=NC(C)(C)CC2C.[K+]. The summed E-state index contributed by atoms with van der Waals surface area (Å²) in [5, 5.41) is 9.69. The van der Waals surface area contributed by atoms with E-state index in [2.05, 4.69) is 20.8 Å². The zero-order chi connectivity index (χ0) is 11.9. The summed E-state index contributed by atoms with van der Waals surface area (Å²) in [6.45, 7) is 6.55. The summed E-state index contributed by atoms with van der Waals surface area (Å²) in [5.74, 6) is 0.459. The molecule has 1 atom stereocenters. The van der Waals surface area contributed by atoms with Crippen LogP contribution in [0.5, 0.6) is 0 Å². The number of thioether (sulfide) groups is 1. The van der Waals surface area contributed by atoms with Gasteiger partial charge in [0, 0.05) is 4.91 Å². The van der Waals surface area contributed by atoms with Crippen LogP contribution >= 0.6 is 11.8 Å². The summed E-state index contributed by atoms with van der Waals surface area (Å²) in [4.78, 5) is 5.89. The molecule has 2 nitrogen and oxygen atoms in total. The molecular formula is C13H17KN2S. The quantitative estimate of drug-likeness (QED) is 0.504. The molecule has 0 saturated carbocycles. The Morgan fingerprint density at radius 3 is 2.65 bits per heavy atom. The average molecular weight is 272 g/mol. The first kappa shape index (κ1) is 15.9. The van der Waals surface area contributed by atoms with Crippen molar-refractivity contribution in [1.29, 1.82) is 0 Å². The third-order valence-electron chi connectivity index (χ3n) is 3.06. The van der Waals surface area contributed by atoms with Gasteiger partial charge >= 0.3 is 51.4 Å². The summed E-state index contributed by atoms with van der Waals surface area (Å²) in [5.41, 5.74) is 2.62. The average Bonchev–Trinajstić information content (AvgIpc) is 2.17. The van der Waals surface area contributed by atoms with Gasteiger partial charge in [-0.3, -0.25) is 4.99 Å². The molecule has 17 heavy (non-hydrogen) atoms. The summed E-state index contributed by atoms with van der Waals surface area (Å²) >= 11 is 1.65. The first-order chi connectivity index (χ1) is 7.43. The molecule has 0 spiro atoms. The molecule has 0 radical (unpaired) electrons. The molecule has 86 valence electrons. The Labute approximate surface area is 150 Å². The van der Waals surface area contributed by atoms with Crippen LogP contribution in [0.15, 0.2) is 27.6 Å². The van der Waals surface area contributed by atoms with Crippen LogP contribution in [0.3, 0.4) is 0 Å². The smallest absolute Gasteiger partial charge is 0.804 e. The number of fused-ring (bicyclic) bond motifs is 1. The molecule has 2 rings (SSSR count). The molecule has 0 fully saturated rings. The second-order valence-electron chi connectivity index (χ2n) is 5.12. The van der Waals surface area contributed by atoms with E-state index in [0.717, 1.165) is 17.0 Å². The van der Waals surface area contributed by atoms with Gasteiger partial charge in [-0.15, -0.1) is 11.8 Å². The molecule has 1 heterocycles. The molecule has 0 amide bonds. The number of rotatable bonds is 1. The molecule has 0 saturated heterocycles. The second kappa shape index (κ2) is 5.84. The third kappa shape index (κ3) is 3.42. The predicted molar refractivity (Wildman–Crippen MR) is 73.3 cm³/mol. The van der Waals surface area contributed by atoms with E-state index in [1.807, 2.05) is 12.3 Å². The van der Waals surface area contributed by atoms with Crippen molar-refractivity contribution in [3.05, 3.63) is 28.0 Å². The van der Waals surface area contributed by atoms with Crippen LogP contribution in [0.4, 0.5) is 0 Å². The van der Waals surface area contributed by atoms with Crippen molar-refractivity contribution in [3.63, 3.8) is 0 Å². The zero-order valence-corrected chi connectivity index (χ0v) is 15.2. The van der Waals surface area contributed by atoms with E-state index in [0.29, 0.717) is 11.6 Å². The molecule has 1 unspecified atom stereocenters. The minimum Gasteiger partial charge on any atom is -0.804 e. The summed E-state index contributed by atoms with van der Waals surface area (Å²) in [6.07, 6.45) is 6.73. The van der Waals surface area contributed by atoms with E-state index >= 15 is 0 Å². The minimum atomic E-state index is 0. The molecule has 1 aliphatic heterocycles. The maximum atomic E-state index is 9.69. The van der Waals surface area contributed by atoms with Gasteiger partial charge in [0.2, 0.25) is 0 Å². The fraction of sp³-hybridized carbons (Fsp3) is 0.538. The number of allylic oxidation sites excluding steroid dienone is 4. The summed E-state index contributed by atoms with van der Waals surface area (Å²) in [7, 11) is 0. The Morgan fingerprint density at radius 1 is 1.41 bits per heavy atom. The van der Waals surface area contributed by atoms with Gasteiger partial charge < -0.3 is 5.41 Å². The van der Waals surface area contributed by atoms with Crippen molar-refractivity contribution in [1.82, 2.24) is 0 Å². The van der Waals surface area contributed by atoms with Gasteiger partial charge in [0.15, 0.2) is 0 Å². The van der Waals surface area contributed by atoms with E-state index in [1.165, 1.54) is 5.57 Å². The van der Waals surface area contributed by atoms with Crippen LogP contribution in [-0.4, -0.2) is 23.2 Å². The Balaban J connectivity index is 0.00000144. The van der Waals surface area contributed by atoms with Gasteiger partial charge in [0.1, 0.15) is 0 Å². The molecule has 4 heteroatoms. The fourth-order valence-electron chi connectivity index (χ4n) is 2.47. The molecule has 0 N–H and O–H groups in total. The van der Waals surface area contributed by atoms with Crippen molar-refractivity contribution in [2.75, 3.05) is 6.26 Å². The number of hydrogen-bond acceptors (Lipinski definition) is 2. The van der Waals surface area contributed by atoms with Gasteiger partial charge in [0.05, 0.1) is 11.3 Å². The van der Waals surface area contributed by atoms with Crippen LogP contribution in [-0.2, 0) is 0 Å². The molecule has 0 aromatic heterocycles. The Hall–Kier alpha value is 0.806. The summed E-state index contributed by atoms with van der Waals surface area (Å²) < 4.78 is 0. The van der Waals surface area contributed by atoms with Crippen molar-refractivity contribution in [3.8, 4) is 0 Å². The Bertz CT molecular complexity index is 433. The fourth-order valence-corrected chi connectivity index (χ4v) is 3.07. The van der Waals surface area contributed by atoms with Gasteiger partial charge in [-0.2, -0.15) is 5.71 Å². The first-order valence-electron chi connectivity index (χ1n) is 5.57. The molecular weight excluding hydrogens is 255 g/mol. The standard InChI is InChI=1S/C13H17N2S.K/c1-8-7-13(2,3)15-12-10(8)5-9(14)6-11(12)16-4;/h5-6,8H,7H2,1-4H3;/q-1;+1. The van der Waals surface area contributed by atoms with Crippen molar-refractivity contribution < 1.29 is 51.4 Å². The van der Waals surface area contributed by atoms with Gasteiger partial charge in [0.25, 0.3) is 0 Å². The molecule has 1 aliphatic carbocycles.